The summed E-state index contributed by atoms with van der Waals surface area (Å²) in [5.41, 5.74) is 4.59. The highest BCUT2D eigenvalue weighted by Gasteiger charge is 2.14. The molecule has 0 bridgehead atoms. The van der Waals surface area contributed by atoms with Crippen molar-refractivity contribution in [3.05, 3.63) is 29.8 Å². The van der Waals surface area contributed by atoms with E-state index in [1.165, 1.54) is 89.2 Å². The minimum absolute atomic E-state index is 0.0666. The number of carbonyl (C=O) groups excluding carboxylic acids is 3. The predicted molar refractivity (Wildman–Crippen MR) is 142 cm³/mol. The van der Waals surface area contributed by atoms with Crippen LogP contribution in [-0.4, -0.2) is 28.8 Å². The van der Waals surface area contributed by atoms with Gasteiger partial charge < -0.3 is 10.4 Å². The fourth-order valence-electron chi connectivity index (χ4n) is 4.02. The van der Waals surface area contributed by atoms with Crippen LogP contribution >= 0.6 is 0 Å². The van der Waals surface area contributed by atoms with Crippen molar-refractivity contribution in [1.82, 2.24) is 10.9 Å². The van der Waals surface area contributed by atoms with Crippen LogP contribution in [0.25, 0.3) is 0 Å². The zero-order chi connectivity index (χ0) is 26.4. The Morgan fingerprint density at radius 2 is 1.11 bits per heavy atom. The highest BCUT2D eigenvalue weighted by Crippen LogP contribution is 2.15. The number of hydrogen-bond acceptors (Lipinski definition) is 4. The van der Waals surface area contributed by atoms with Gasteiger partial charge in [0, 0.05) is 6.42 Å². The van der Waals surface area contributed by atoms with E-state index >= 15 is 0 Å². The van der Waals surface area contributed by atoms with Gasteiger partial charge in [0.2, 0.25) is 17.7 Å². The summed E-state index contributed by atoms with van der Waals surface area (Å²) in [6.45, 7) is 2.25. The Hall–Kier alpha value is -2.90. The Labute approximate surface area is 216 Å². The molecule has 4 N–H and O–H groups in total. The molecule has 36 heavy (non-hydrogen) atoms. The number of carboxylic acids is 1. The molecule has 8 heteroatoms. The number of rotatable bonds is 20. The molecular weight excluding hydrogens is 458 g/mol. The van der Waals surface area contributed by atoms with E-state index in [1.807, 2.05) is 0 Å². The molecule has 0 aliphatic rings. The van der Waals surface area contributed by atoms with Crippen LogP contribution in [0.5, 0.6) is 0 Å². The molecule has 0 aliphatic carbocycles. The quantitative estimate of drug-likeness (QED) is 0.0969. The standard InChI is InChI=1S/C28H45N3O5/c1-2-3-4-5-6-7-8-9-10-11-12-13-14-15-16-21-25(32)30-31-27(34)22-26(33)29-24-20-18-17-19-23(24)28(35)36/h17-20H,2-16,21-22H2,1H3,(H,29,33)(H,30,32)(H,31,34)(H,35,36). The Morgan fingerprint density at radius 3 is 1.64 bits per heavy atom. The van der Waals surface area contributed by atoms with Crippen molar-refractivity contribution < 1.29 is 24.3 Å². The average molecular weight is 504 g/mol. The van der Waals surface area contributed by atoms with E-state index < -0.39 is 24.2 Å². The summed E-state index contributed by atoms with van der Waals surface area (Å²) in [6, 6.07) is 5.93. The van der Waals surface area contributed by atoms with Crippen molar-refractivity contribution in [2.45, 2.75) is 116 Å². The molecule has 8 nitrogen and oxygen atoms in total. The molecule has 1 aromatic rings. The Balaban J connectivity index is 1.98. The third-order valence-corrected chi connectivity index (χ3v) is 6.10. The van der Waals surface area contributed by atoms with E-state index in [2.05, 4.69) is 23.1 Å². The number of aromatic carboxylic acids is 1. The van der Waals surface area contributed by atoms with E-state index in [-0.39, 0.29) is 17.2 Å². The molecule has 1 rings (SSSR count). The van der Waals surface area contributed by atoms with Crippen LogP contribution in [0.1, 0.15) is 126 Å². The van der Waals surface area contributed by atoms with Gasteiger partial charge in [0.05, 0.1) is 11.3 Å². The number of amides is 3. The lowest BCUT2D eigenvalue weighted by atomic mass is 10.0. The maximum Gasteiger partial charge on any atom is 0.337 e. The number of anilines is 1. The van der Waals surface area contributed by atoms with E-state index in [0.717, 1.165) is 19.3 Å². The van der Waals surface area contributed by atoms with Gasteiger partial charge in [-0.3, -0.25) is 25.2 Å². The van der Waals surface area contributed by atoms with Crippen LogP contribution in [0, 0.1) is 0 Å². The zero-order valence-electron chi connectivity index (χ0n) is 21.9. The lowest BCUT2D eigenvalue weighted by Crippen LogP contribution is -2.42. The second-order valence-electron chi connectivity index (χ2n) is 9.37. The number of carbonyl (C=O) groups is 4. The Morgan fingerprint density at radius 1 is 0.639 bits per heavy atom. The van der Waals surface area contributed by atoms with Crippen LogP contribution < -0.4 is 16.2 Å². The first-order chi connectivity index (χ1) is 17.4. The molecule has 0 unspecified atom stereocenters. The summed E-state index contributed by atoms with van der Waals surface area (Å²) in [5, 5.41) is 11.5. The number of benzene rings is 1. The molecule has 0 saturated carbocycles. The Bertz CT molecular complexity index is 797. The smallest absolute Gasteiger partial charge is 0.337 e. The third kappa shape index (κ3) is 15.9. The molecule has 0 spiro atoms. The van der Waals surface area contributed by atoms with Gasteiger partial charge in [-0.25, -0.2) is 4.79 Å². The number of nitrogens with one attached hydrogen (secondary N) is 3. The van der Waals surface area contributed by atoms with Crippen molar-refractivity contribution >= 4 is 29.4 Å². The maximum absolute atomic E-state index is 12.0. The number of hydrogen-bond donors (Lipinski definition) is 4. The van der Waals surface area contributed by atoms with Crippen molar-refractivity contribution in [1.29, 1.82) is 0 Å². The SMILES string of the molecule is CCCCCCCCCCCCCCCCCC(=O)NNC(=O)CC(=O)Nc1ccccc1C(=O)O. The van der Waals surface area contributed by atoms with Crippen molar-refractivity contribution in [2.24, 2.45) is 0 Å². The molecule has 0 heterocycles. The Kier molecular flexibility index (Phi) is 17.6. The number of carboxylic acid groups (broad SMARTS) is 1. The van der Waals surface area contributed by atoms with Crippen LogP contribution in [0.2, 0.25) is 0 Å². The van der Waals surface area contributed by atoms with Gasteiger partial charge >= 0.3 is 5.97 Å². The highest BCUT2D eigenvalue weighted by molar-refractivity contribution is 6.06. The van der Waals surface area contributed by atoms with Crippen molar-refractivity contribution in [2.75, 3.05) is 5.32 Å². The number of unbranched alkanes of at least 4 members (excludes halogenated alkanes) is 14. The van der Waals surface area contributed by atoms with E-state index in [9.17, 15) is 19.2 Å². The third-order valence-electron chi connectivity index (χ3n) is 6.10. The zero-order valence-corrected chi connectivity index (χ0v) is 21.9. The monoisotopic (exact) mass is 503 g/mol. The minimum atomic E-state index is -1.18. The van der Waals surface area contributed by atoms with Crippen molar-refractivity contribution in [3.63, 3.8) is 0 Å². The molecule has 0 aliphatic heterocycles. The van der Waals surface area contributed by atoms with E-state index in [1.54, 1.807) is 12.1 Å². The first-order valence-corrected chi connectivity index (χ1v) is 13.6. The summed E-state index contributed by atoms with van der Waals surface area (Å²) in [7, 11) is 0. The summed E-state index contributed by atoms with van der Waals surface area (Å²) in [4.78, 5) is 46.9. The van der Waals surface area contributed by atoms with E-state index in [4.69, 9.17) is 5.11 Å². The fourth-order valence-corrected chi connectivity index (χ4v) is 4.02. The molecule has 1 aromatic carbocycles. The molecule has 0 saturated heterocycles. The lowest BCUT2D eigenvalue weighted by molar-refractivity contribution is -0.131. The van der Waals surface area contributed by atoms with Gasteiger partial charge in [-0.15, -0.1) is 0 Å². The number of para-hydroxylation sites is 1. The summed E-state index contributed by atoms with van der Waals surface area (Å²) >= 11 is 0. The summed E-state index contributed by atoms with van der Waals surface area (Å²) in [5.74, 6) is -2.82. The topological polar surface area (TPSA) is 125 Å². The van der Waals surface area contributed by atoms with Gasteiger partial charge in [-0.1, -0.05) is 109 Å². The fraction of sp³-hybridized carbons (Fsp3) is 0.643. The molecular formula is C28H45N3O5. The van der Waals surface area contributed by atoms with Crippen LogP contribution in [0.15, 0.2) is 24.3 Å². The molecule has 0 aromatic heterocycles. The normalized spacial score (nSPS) is 10.6. The first kappa shape index (κ1) is 31.1. The van der Waals surface area contributed by atoms with Crippen LogP contribution in [0.3, 0.4) is 0 Å². The van der Waals surface area contributed by atoms with Crippen LogP contribution in [-0.2, 0) is 14.4 Å². The predicted octanol–water partition coefficient (Wildman–Crippen LogP) is 6.12. The van der Waals surface area contributed by atoms with Gasteiger partial charge in [0.15, 0.2) is 0 Å². The molecule has 0 fully saturated rings. The minimum Gasteiger partial charge on any atom is -0.478 e. The molecule has 202 valence electrons. The lowest BCUT2D eigenvalue weighted by Gasteiger charge is -2.09. The summed E-state index contributed by atoms with van der Waals surface area (Å²) in [6.07, 6.45) is 18.6. The number of hydrazine groups is 1. The summed E-state index contributed by atoms with van der Waals surface area (Å²) < 4.78 is 0. The molecule has 0 radical (unpaired) electrons. The van der Waals surface area contributed by atoms with Gasteiger partial charge in [0.25, 0.3) is 0 Å². The first-order valence-electron chi connectivity index (χ1n) is 13.6. The largest absolute Gasteiger partial charge is 0.478 e. The average Bonchev–Trinajstić information content (AvgIpc) is 2.85. The van der Waals surface area contributed by atoms with Gasteiger partial charge in [-0.05, 0) is 18.6 Å². The van der Waals surface area contributed by atoms with Crippen LogP contribution in [0.4, 0.5) is 5.69 Å². The molecule has 3 amide bonds. The van der Waals surface area contributed by atoms with Gasteiger partial charge in [0.1, 0.15) is 6.42 Å². The molecule has 0 atom stereocenters. The van der Waals surface area contributed by atoms with Crippen molar-refractivity contribution in [3.8, 4) is 0 Å². The second kappa shape index (κ2) is 20.3. The van der Waals surface area contributed by atoms with Gasteiger partial charge in [-0.2, -0.15) is 0 Å². The van der Waals surface area contributed by atoms with E-state index in [0.29, 0.717) is 6.42 Å². The second-order valence-corrected chi connectivity index (χ2v) is 9.37. The highest BCUT2D eigenvalue weighted by atomic mass is 16.4. The maximum atomic E-state index is 12.0.